The summed E-state index contributed by atoms with van der Waals surface area (Å²) >= 11 is 0. The lowest BCUT2D eigenvalue weighted by molar-refractivity contribution is 0.0697. The molecule has 6 nitrogen and oxygen atoms in total. The van der Waals surface area contributed by atoms with E-state index in [9.17, 15) is 18.3 Å². The van der Waals surface area contributed by atoms with Crippen molar-refractivity contribution in [2.24, 2.45) is 0 Å². The van der Waals surface area contributed by atoms with Gasteiger partial charge < -0.3 is 10.0 Å². The van der Waals surface area contributed by atoms with Crippen LogP contribution in [-0.2, 0) is 16.4 Å². The lowest BCUT2D eigenvalue weighted by Gasteiger charge is -2.21. The Balaban J connectivity index is 2.30. The molecular formula is C20H26N2O4S. The molecule has 146 valence electrons. The number of anilines is 2. The van der Waals surface area contributed by atoms with Crippen molar-refractivity contribution in [3.8, 4) is 0 Å². The zero-order chi connectivity index (χ0) is 20.0. The number of aromatic carboxylic acids is 1. The lowest BCUT2D eigenvalue weighted by Crippen LogP contribution is -2.21. The number of nitrogens with zero attached hydrogens (tertiary/aromatic N) is 1. The van der Waals surface area contributed by atoms with Gasteiger partial charge in [0.15, 0.2) is 0 Å². The second kappa shape index (κ2) is 8.90. The van der Waals surface area contributed by atoms with Gasteiger partial charge in [0.2, 0.25) is 0 Å². The molecule has 2 aromatic rings. The molecular weight excluding hydrogens is 364 g/mol. The third-order valence-corrected chi connectivity index (χ3v) is 5.78. The highest BCUT2D eigenvalue weighted by Gasteiger charge is 2.18. The van der Waals surface area contributed by atoms with Crippen LogP contribution in [0.25, 0.3) is 0 Å². The summed E-state index contributed by atoms with van der Waals surface area (Å²) in [5, 5.41) is 9.53. The molecule has 0 radical (unpaired) electrons. The van der Waals surface area contributed by atoms with Crippen molar-refractivity contribution in [1.82, 2.24) is 0 Å². The van der Waals surface area contributed by atoms with E-state index >= 15 is 0 Å². The van der Waals surface area contributed by atoms with Crippen LogP contribution in [0.4, 0.5) is 11.4 Å². The molecule has 0 unspecified atom stereocenters. The highest BCUT2D eigenvalue weighted by atomic mass is 32.2. The van der Waals surface area contributed by atoms with Crippen LogP contribution in [0.3, 0.4) is 0 Å². The van der Waals surface area contributed by atoms with Gasteiger partial charge in [0.1, 0.15) is 0 Å². The molecule has 0 spiro atoms. The van der Waals surface area contributed by atoms with Gasteiger partial charge in [-0.1, -0.05) is 32.4 Å². The second-order valence-electron chi connectivity index (χ2n) is 6.42. The number of nitrogens with one attached hydrogen (secondary N) is 1. The quantitative estimate of drug-likeness (QED) is 0.676. The zero-order valence-electron chi connectivity index (χ0n) is 15.9. The maximum atomic E-state index is 12.6. The van der Waals surface area contributed by atoms with E-state index in [-0.39, 0.29) is 16.1 Å². The average Bonchev–Trinajstić information content (AvgIpc) is 2.65. The number of rotatable bonds is 9. The van der Waals surface area contributed by atoms with Crippen molar-refractivity contribution in [2.45, 2.75) is 38.0 Å². The Labute approximate surface area is 160 Å². The third-order valence-electron chi connectivity index (χ3n) is 4.38. The Morgan fingerprint density at radius 3 is 2.33 bits per heavy atom. The average molecular weight is 391 g/mol. The second-order valence-corrected chi connectivity index (χ2v) is 8.10. The maximum absolute atomic E-state index is 12.6. The van der Waals surface area contributed by atoms with Crippen LogP contribution < -0.4 is 9.62 Å². The number of carboxylic acids is 1. The van der Waals surface area contributed by atoms with Crippen molar-refractivity contribution >= 4 is 27.4 Å². The Morgan fingerprint density at radius 2 is 1.78 bits per heavy atom. The Bertz CT molecular complexity index is 893. The van der Waals surface area contributed by atoms with Gasteiger partial charge in [-0.2, -0.15) is 0 Å². The fourth-order valence-corrected chi connectivity index (χ4v) is 3.79. The summed E-state index contributed by atoms with van der Waals surface area (Å²) in [6.45, 7) is 4.79. The van der Waals surface area contributed by atoms with Crippen molar-refractivity contribution in [3.63, 3.8) is 0 Å². The first kappa shape index (κ1) is 20.8. The van der Waals surface area contributed by atoms with E-state index in [1.165, 1.54) is 6.07 Å². The summed E-state index contributed by atoms with van der Waals surface area (Å²) in [7, 11) is -1.95. The molecule has 0 fully saturated rings. The molecule has 2 aromatic carbocycles. The normalized spacial score (nSPS) is 11.2. The van der Waals surface area contributed by atoms with Crippen LogP contribution in [0.2, 0.25) is 0 Å². The predicted molar refractivity (Wildman–Crippen MR) is 108 cm³/mol. The van der Waals surface area contributed by atoms with Gasteiger partial charge in [-0.25, -0.2) is 13.2 Å². The van der Waals surface area contributed by atoms with E-state index in [1.807, 2.05) is 18.9 Å². The number of carbonyl (C=O) groups is 1. The largest absolute Gasteiger partial charge is 0.478 e. The molecule has 0 aromatic heterocycles. The lowest BCUT2D eigenvalue weighted by atomic mass is 10.1. The van der Waals surface area contributed by atoms with Gasteiger partial charge >= 0.3 is 5.97 Å². The number of aryl methyl sites for hydroxylation is 1. The van der Waals surface area contributed by atoms with Crippen molar-refractivity contribution in [2.75, 3.05) is 23.2 Å². The minimum absolute atomic E-state index is 0.0649. The van der Waals surface area contributed by atoms with E-state index in [2.05, 4.69) is 11.6 Å². The summed E-state index contributed by atoms with van der Waals surface area (Å²) in [4.78, 5) is 13.7. The van der Waals surface area contributed by atoms with E-state index in [0.717, 1.165) is 31.4 Å². The highest BCUT2D eigenvalue weighted by molar-refractivity contribution is 7.92. The maximum Gasteiger partial charge on any atom is 0.337 e. The third kappa shape index (κ3) is 5.23. The molecule has 0 aliphatic rings. The van der Waals surface area contributed by atoms with E-state index in [1.54, 1.807) is 36.4 Å². The number of hydrogen-bond acceptors (Lipinski definition) is 4. The van der Waals surface area contributed by atoms with Crippen LogP contribution in [0.5, 0.6) is 0 Å². The smallest absolute Gasteiger partial charge is 0.337 e. The standard InChI is InChI=1S/C20H26N2O4S/c1-4-6-13-22(3)19-12-9-16(14-18(19)20(23)24)21-27(25,26)17-10-7-15(5-2)8-11-17/h7-12,14,21H,4-6,13H2,1-3H3,(H,23,24). The monoisotopic (exact) mass is 390 g/mol. The number of carboxylic acid groups (broad SMARTS) is 1. The van der Waals surface area contributed by atoms with Crippen molar-refractivity contribution < 1.29 is 18.3 Å². The molecule has 0 saturated heterocycles. The highest BCUT2D eigenvalue weighted by Crippen LogP contribution is 2.26. The zero-order valence-corrected chi connectivity index (χ0v) is 16.7. The van der Waals surface area contributed by atoms with Crippen LogP contribution in [0.15, 0.2) is 47.4 Å². The van der Waals surface area contributed by atoms with Gasteiger partial charge in [0.05, 0.1) is 16.1 Å². The Hall–Kier alpha value is -2.54. The molecule has 0 aliphatic carbocycles. The minimum Gasteiger partial charge on any atom is -0.478 e. The molecule has 0 heterocycles. The van der Waals surface area contributed by atoms with Gasteiger partial charge in [0.25, 0.3) is 10.0 Å². The number of benzene rings is 2. The fraction of sp³-hybridized carbons (Fsp3) is 0.350. The molecule has 7 heteroatoms. The first-order valence-electron chi connectivity index (χ1n) is 8.98. The Kier molecular flexibility index (Phi) is 6.85. The van der Waals surface area contributed by atoms with Gasteiger partial charge in [-0.05, 0) is 48.7 Å². The molecule has 0 aliphatic heterocycles. The predicted octanol–water partition coefficient (Wildman–Crippen LogP) is 3.98. The van der Waals surface area contributed by atoms with Crippen LogP contribution >= 0.6 is 0 Å². The summed E-state index contributed by atoms with van der Waals surface area (Å²) in [6, 6.07) is 11.2. The van der Waals surface area contributed by atoms with E-state index in [4.69, 9.17) is 0 Å². The molecule has 2 rings (SSSR count). The van der Waals surface area contributed by atoms with Crippen LogP contribution in [0, 0.1) is 0 Å². The summed E-state index contributed by atoms with van der Waals surface area (Å²) in [5.74, 6) is -1.10. The minimum atomic E-state index is -3.78. The number of sulfonamides is 1. The molecule has 0 saturated carbocycles. The number of hydrogen-bond donors (Lipinski definition) is 2. The molecule has 0 atom stereocenters. The first-order chi connectivity index (χ1) is 12.8. The van der Waals surface area contributed by atoms with Crippen LogP contribution in [-0.4, -0.2) is 33.1 Å². The fourth-order valence-electron chi connectivity index (χ4n) is 2.74. The first-order valence-corrected chi connectivity index (χ1v) is 10.5. The van der Waals surface area contributed by atoms with Gasteiger partial charge in [0, 0.05) is 19.3 Å². The SMILES string of the molecule is CCCCN(C)c1ccc(NS(=O)(=O)c2ccc(CC)cc2)cc1C(=O)O. The van der Waals surface area contributed by atoms with Gasteiger partial charge in [-0.3, -0.25) is 4.72 Å². The van der Waals surface area contributed by atoms with Crippen molar-refractivity contribution in [1.29, 1.82) is 0 Å². The summed E-state index contributed by atoms with van der Waals surface area (Å²) < 4.78 is 27.6. The molecule has 2 N–H and O–H groups in total. The molecule has 27 heavy (non-hydrogen) atoms. The topological polar surface area (TPSA) is 86.7 Å². The molecule has 0 amide bonds. The summed E-state index contributed by atoms with van der Waals surface area (Å²) in [5.41, 5.74) is 1.89. The van der Waals surface area contributed by atoms with Gasteiger partial charge in [-0.15, -0.1) is 0 Å². The van der Waals surface area contributed by atoms with E-state index in [0.29, 0.717) is 5.69 Å². The summed E-state index contributed by atoms with van der Waals surface area (Å²) in [6.07, 6.45) is 2.77. The van der Waals surface area contributed by atoms with E-state index < -0.39 is 16.0 Å². The Morgan fingerprint density at radius 1 is 1.11 bits per heavy atom. The van der Waals surface area contributed by atoms with Crippen LogP contribution in [0.1, 0.15) is 42.6 Å². The molecule has 0 bridgehead atoms. The number of unbranched alkanes of at least 4 members (excludes halogenated alkanes) is 1. The van der Waals surface area contributed by atoms with Crippen molar-refractivity contribution in [3.05, 3.63) is 53.6 Å².